The molecule has 0 saturated carbocycles. The quantitative estimate of drug-likeness (QED) is 0.698. The van der Waals surface area contributed by atoms with E-state index in [1.807, 2.05) is 6.26 Å². The number of hydrogen-bond donors (Lipinski definition) is 2. The number of aliphatic carboxylic acids is 1. The van der Waals surface area contributed by atoms with Gasteiger partial charge in [0.2, 0.25) is 0 Å². The number of carbonyl (C=O) groups excluding carboxylic acids is 1. The Balaban J connectivity index is 3.95. The number of ether oxygens (including phenoxy) is 1. The molecule has 0 rings (SSSR count). The Morgan fingerprint density at radius 2 is 2.21 bits per heavy atom. The van der Waals surface area contributed by atoms with Crippen LogP contribution < -0.4 is 5.32 Å². The molecule has 0 aliphatic heterocycles. The number of rotatable bonds is 6. The number of hydrogen-bond acceptors (Lipinski definition) is 4. The molecule has 0 aromatic rings. The highest BCUT2D eigenvalue weighted by Gasteiger charge is 2.19. The molecule has 0 aliphatic carbocycles. The van der Waals surface area contributed by atoms with E-state index < -0.39 is 18.1 Å². The first-order valence-corrected chi connectivity index (χ1v) is 5.66. The van der Waals surface area contributed by atoms with Gasteiger partial charge in [0.15, 0.2) is 0 Å². The van der Waals surface area contributed by atoms with Gasteiger partial charge in [-0.25, -0.2) is 9.59 Å². The van der Waals surface area contributed by atoms with Crippen LogP contribution in [0.15, 0.2) is 0 Å². The molecule has 82 valence electrons. The van der Waals surface area contributed by atoms with Crippen molar-refractivity contribution in [1.29, 1.82) is 0 Å². The summed E-state index contributed by atoms with van der Waals surface area (Å²) >= 11 is 1.53. The van der Waals surface area contributed by atoms with Crippen LogP contribution in [-0.4, -0.2) is 41.8 Å². The Labute approximate surface area is 87.2 Å². The summed E-state index contributed by atoms with van der Waals surface area (Å²) < 4.78 is 4.58. The van der Waals surface area contributed by atoms with E-state index >= 15 is 0 Å². The van der Waals surface area contributed by atoms with Gasteiger partial charge in [-0.3, -0.25) is 0 Å². The number of nitrogens with one attached hydrogen (secondary N) is 1. The predicted molar refractivity (Wildman–Crippen MR) is 54.6 cm³/mol. The van der Waals surface area contributed by atoms with Gasteiger partial charge in [0.25, 0.3) is 0 Å². The molecular weight excluding hydrogens is 206 g/mol. The third-order valence-corrected chi connectivity index (χ3v) is 2.12. The van der Waals surface area contributed by atoms with E-state index in [4.69, 9.17) is 5.11 Å². The van der Waals surface area contributed by atoms with Gasteiger partial charge in [0.1, 0.15) is 6.04 Å². The number of carboxylic acids is 1. The largest absolute Gasteiger partial charge is 0.480 e. The SMILES string of the molecule is CCOC(=O)N[C@H](CCSC)C(=O)O. The lowest BCUT2D eigenvalue weighted by molar-refractivity contribution is -0.139. The molecule has 0 bridgehead atoms. The van der Waals surface area contributed by atoms with Crippen molar-refractivity contribution >= 4 is 23.8 Å². The summed E-state index contributed by atoms with van der Waals surface area (Å²) in [5, 5.41) is 11.0. The second kappa shape index (κ2) is 7.49. The van der Waals surface area contributed by atoms with Gasteiger partial charge in [-0.2, -0.15) is 11.8 Å². The molecule has 0 saturated heterocycles. The molecule has 5 nitrogen and oxygen atoms in total. The van der Waals surface area contributed by atoms with Crippen molar-refractivity contribution in [3.63, 3.8) is 0 Å². The molecule has 2 N–H and O–H groups in total. The van der Waals surface area contributed by atoms with E-state index in [0.29, 0.717) is 12.2 Å². The third kappa shape index (κ3) is 5.69. The van der Waals surface area contributed by atoms with Crippen LogP contribution >= 0.6 is 11.8 Å². The monoisotopic (exact) mass is 221 g/mol. The van der Waals surface area contributed by atoms with E-state index in [1.54, 1.807) is 6.92 Å². The zero-order valence-electron chi connectivity index (χ0n) is 8.28. The molecule has 0 unspecified atom stereocenters. The highest BCUT2D eigenvalue weighted by molar-refractivity contribution is 7.98. The van der Waals surface area contributed by atoms with E-state index in [1.165, 1.54) is 11.8 Å². The van der Waals surface area contributed by atoms with Gasteiger partial charge in [-0.05, 0) is 25.4 Å². The van der Waals surface area contributed by atoms with Gasteiger partial charge < -0.3 is 15.2 Å². The molecule has 0 aromatic heterocycles. The first-order chi connectivity index (χ1) is 6.61. The minimum absolute atomic E-state index is 0.237. The first-order valence-electron chi connectivity index (χ1n) is 4.26. The van der Waals surface area contributed by atoms with Crippen LogP contribution in [0.1, 0.15) is 13.3 Å². The van der Waals surface area contributed by atoms with Crippen LogP contribution in [0.4, 0.5) is 4.79 Å². The standard InChI is InChI=1S/C8H15NO4S/c1-3-13-8(12)9-6(7(10)11)4-5-14-2/h6H,3-5H2,1-2H3,(H,9,12)(H,10,11)/t6-/m1/s1. The average Bonchev–Trinajstić information content (AvgIpc) is 2.12. The molecule has 0 aliphatic rings. The van der Waals surface area contributed by atoms with Crippen LogP contribution in [0.3, 0.4) is 0 Å². The molecule has 0 aromatic carbocycles. The van der Waals surface area contributed by atoms with Crippen molar-refractivity contribution in [1.82, 2.24) is 5.32 Å². The fraction of sp³-hybridized carbons (Fsp3) is 0.750. The number of alkyl carbamates (subject to hydrolysis) is 1. The molecule has 0 fully saturated rings. The number of thioether (sulfide) groups is 1. The van der Waals surface area contributed by atoms with Crippen molar-refractivity contribution in [2.45, 2.75) is 19.4 Å². The Bertz CT molecular complexity index is 198. The van der Waals surface area contributed by atoms with Crippen LogP contribution in [0, 0.1) is 0 Å². The minimum Gasteiger partial charge on any atom is -0.480 e. The van der Waals surface area contributed by atoms with Crippen molar-refractivity contribution in [2.75, 3.05) is 18.6 Å². The maximum atomic E-state index is 10.9. The lowest BCUT2D eigenvalue weighted by Crippen LogP contribution is -2.41. The Morgan fingerprint density at radius 3 is 2.64 bits per heavy atom. The van der Waals surface area contributed by atoms with Crippen molar-refractivity contribution in [2.24, 2.45) is 0 Å². The smallest absolute Gasteiger partial charge is 0.407 e. The van der Waals surface area contributed by atoms with E-state index in [9.17, 15) is 9.59 Å². The van der Waals surface area contributed by atoms with Gasteiger partial charge >= 0.3 is 12.1 Å². The summed E-state index contributed by atoms with van der Waals surface area (Å²) in [5.74, 6) is -0.351. The van der Waals surface area contributed by atoms with Crippen LogP contribution in [-0.2, 0) is 9.53 Å². The summed E-state index contributed by atoms with van der Waals surface area (Å²) in [6, 6.07) is -0.860. The Morgan fingerprint density at radius 1 is 1.57 bits per heavy atom. The van der Waals surface area contributed by atoms with Crippen molar-refractivity contribution < 1.29 is 19.4 Å². The van der Waals surface area contributed by atoms with E-state index in [-0.39, 0.29) is 6.61 Å². The van der Waals surface area contributed by atoms with Crippen molar-refractivity contribution in [3.05, 3.63) is 0 Å². The fourth-order valence-corrected chi connectivity index (χ4v) is 1.28. The molecule has 0 spiro atoms. The molecule has 0 heterocycles. The van der Waals surface area contributed by atoms with Gasteiger partial charge in [0, 0.05) is 0 Å². The lowest BCUT2D eigenvalue weighted by atomic mass is 10.2. The number of carbonyl (C=O) groups is 2. The number of carboxylic acid groups (broad SMARTS) is 1. The highest BCUT2D eigenvalue weighted by atomic mass is 32.2. The second-order valence-corrected chi connectivity index (χ2v) is 3.52. The topological polar surface area (TPSA) is 75.6 Å². The van der Waals surface area contributed by atoms with Crippen LogP contribution in [0.5, 0.6) is 0 Å². The fourth-order valence-electron chi connectivity index (χ4n) is 0.808. The normalized spacial score (nSPS) is 11.9. The summed E-state index contributed by atoms with van der Waals surface area (Å²) in [6.45, 7) is 1.90. The molecular formula is C8H15NO4S. The van der Waals surface area contributed by atoms with Gasteiger partial charge in [0.05, 0.1) is 6.61 Å². The molecule has 0 radical (unpaired) electrons. The van der Waals surface area contributed by atoms with Crippen LogP contribution in [0.2, 0.25) is 0 Å². The minimum atomic E-state index is -1.04. The second-order valence-electron chi connectivity index (χ2n) is 2.54. The maximum Gasteiger partial charge on any atom is 0.407 e. The first kappa shape index (κ1) is 13.1. The predicted octanol–water partition coefficient (Wildman–Crippen LogP) is 0.939. The van der Waals surface area contributed by atoms with E-state index in [0.717, 1.165) is 0 Å². The summed E-state index contributed by atoms with van der Waals surface area (Å²) in [4.78, 5) is 21.6. The summed E-state index contributed by atoms with van der Waals surface area (Å²) in [6.07, 6.45) is 1.60. The zero-order chi connectivity index (χ0) is 11.0. The molecule has 1 amide bonds. The van der Waals surface area contributed by atoms with E-state index in [2.05, 4.69) is 10.1 Å². The molecule has 6 heteroatoms. The maximum absolute atomic E-state index is 10.9. The Kier molecular flexibility index (Phi) is 7.00. The summed E-state index contributed by atoms with van der Waals surface area (Å²) in [7, 11) is 0. The molecule has 14 heavy (non-hydrogen) atoms. The lowest BCUT2D eigenvalue weighted by Gasteiger charge is -2.13. The van der Waals surface area contributed by atoms with Crippen LogP contribution in [0.25, 0.3) is 0 Å². The highest BCUT2D eigenvalue weighted by Crippen LogP contribution is 2.01. The Hall–Kier alpha value is -0.910. The molecule has 1 atom stereocenters. The van der Waals surface area contributed by atoms with Crippen molar-refractivity contribution in [3.8, 4) is 0 Å². The average molecular weight is 221 g/mol. The van der Waals surface area contributed by atoms with Gasteiger partial charge in [-0.1, -0.05) is 0 Å². The van der Waals surface area contributed by atoms with Gasteiger partial charge in [-0.15, -0.1) is 0 Å². The summed E-state index contributed by atoms with van der Waals surface area (Å²) in [5.41, 5.74) is 0. The zero-order valence-corrected chi connectivity index (χ0v) is 9.10. The third-order valence-electron chi connectivity index (χ3n) is 1.48. The number of amides is 1.